The molecule has 170 valence electrons. The standard InChI is InChI=1S/C22H33N5O4/c1-25-18-9-12-27(20(29)8-7-19(28)23-14-16-6-5-13-31-16)15-17(18)21(24-25)22(30)26-10-3-2-4-11-26/h16H,2-15H2,1H3,(H,23,28). The van der Waals surface area contributed by atoms with Crippen molar-refractivity contribution in [2.24, 2.45) is 7.05 Å². The van der Waals surface area contributed by atoms with E-state index in [0.29, 0.717) is 31.7 Å². The van der Waals surface area contributed by atoms with Gasteiger partial charge in [-0.15, -0.1) is 0 Å². The molecule has 9 heteroatoms. The number of aryl methyl sites for hydroxylation is 1. The van der Waals surface area contributed by atoms with Gasteiger partial charge >= 0.3 is 0 Å². The normalized spacial score (nSPS) is 21.1. The third-order valence-corrected chi connectivity index (χ3v) is 6.56. The van der Waals surface area contributed by atoms with E-state index in [1.807, 2.05) is 11.9 Å². The van der Waals surface area contributed by atoms with Crippen molar-refractivity contribution in [3.63, 3.8) is 0 Å². The maximum Gasteiger partial charge on any atom is 0.274 e. The van der Waals surface area contributed by atoms with E-state index in [4.69, 9.17) is 4.74 Å². The van der Waals surface area contributed by atoms with Gasteiger partial charge in [0.15, 0.2) is 5.69 Å². The molecule has 3 aliphatic rings. The summed E-state index contributed by atoms with van der Waals surface area (Å²) in [6.07, 6.45) is 6.33. The molecule has 2 fully saturated rings. The molecule has 0 aromatic carbocycles. The lowest BCUT2D eigenvalue weighted by Crippen LogP contribution is -2.39. The number of fused-ring (bicyclic) bond motifs is 1. The number of nitrogens with one attached hydrogen (secondary N) is 1. The zero-order chi connectivity index (χ0) is 21.8. The molecule has 1 unspecified atom stereocenters. The first-order valence-electron chi connectivity index (χ1n) is 11.5. The highest BCUT2D eigenvalue weighted by Gasteiger charge is 2.31. The van der Waals surface area contributed by atoms with Gasteiger partial charge in [-0.25, -0.2) is 0 Å². The second-order valence-electron chi connectivity index (χ2n) is 8.75. The van der Waals surface area contributed by atoms with Crippen LogP contribution < -0.4 is 5.32 Å². The number of aromatic nitrogens is 2. The number of piperidine rings is 1. The Kier molecular flexibility index (Phi) is 6.89. The number of ether oxygens (including phenoxy) is 1. The highest BCUT2D eigenvalue weighted by Crippen LogP contribution is 2.25. The van der Waals surface area contributed by atoms with Crippen molar-refractivity contribution in [2.45, 2.75) is 64.0 Å². The van der Waals surface area contributed by atoms with E-state index >= 15 is 0 Å². The fraction of sp³-hybridized carbons (Fsp3) is 0.727. The molecule has 0 bridgehead atoms. The Hall–Kier alpha value is -2.42. The van der Waals surface area contributed by atoms with E-state index in [2.05, 4.69) is 10.4 Å². The van der Waals surface area contributed by atoms with Gasteiger partial charge < -0.3 is 19.9 Å². The van der Waals surface area contributed by atoms with Crippen molar-refractivity contribution >= 4 is 17.7 Å². The van der Waals surface area contributed by atoms with Crippen LogP contribution in [0.5, 0.6) is 0 Å². The van der Waals surface area contributed by atoms with Gasteiger partial charge in [-0.3, -0.25) is 19.1 Å². The zero-order valence-corrected chi connectivity index (χ0v) is 18.4. The van der Waals surface area contributed by atoms with E-state index in [1.165, 1.54) is 0 Å². The fourth-order valence-corrected chi connectivity index (χ4v) is 4.72. The summed E-state index contributed by atoms with van der Waals surface area (Å²) in [6.45, 7) is 3.78. The van der Waals surface area contributed by atoms with Crippen LogP contribution in [0.1, 0.15) is 66.7 Å². The first-order valence-corrected chi connectivity index (χ1v) is 11.5. The highest BCUT2D eigenvalue weighted by molar-refractivity contribution is 5.94. The van der Waals surface area contributed by atoms with Crippen LogP contribution >= 0.6 is 0 Å². The molecule has 3 amide bonds. The molecule has 4 rings (SSSR count). The number of rotatable bonds is 6. The quantitative estimate of drug-likeness (QED) is 0.725. The number of amides is 3. The van der Waals surface area contributed by atoms with E-state index in [9.17, 15) is 14.4 Å². The third kappa shape index (κ3) is 5.08. The molecule has 4 heterocycles. The van der Waals surface area contributed by atoms with Gasteiger partial charge in [-0.05, 0) is 32.1 Å². The summed E-state index contributed by atoms with van der Waals surface area (Å²) < 4.78 is 7.29. The van der Waals surface area contributed by atoms with Crippen molar-refractivity contribution in [1.82, 2.24) is 24.9 Å². The largest absolute Gasteiger partial charge is 0.376 e. The summed E-state index contributed by atoms with van der Waals surface area (Å²) in [5, 5.41) is 7.37. The first-order chi connectivity index (χ1) is 15.0. The lowest BCUT2D eigenvalue weighted by Gasteiger charge is -2.29. The predicted molar refractivity (Wildman–Crippen MR) is 113 cm³/mol. The Morgan fingerprint density at radius 2 is 1.87 bits per heavy atom. The van der Waals surface area contributed by atoms with Gasteiger partial charge in [0.05, 0.1) is 6.10 Å². The van der Waals surface area contributed by atoms with Crippen LogP contribution in [0, 0.1) is 0 Å². The van der Waals surface area contributed by atoms with Gasteiger partial charge in [-0.2, -0.15) is 5.10 Å². The SMILES string of the molecule is Cn1nc(C(=O)N2CCCCC2)c2c1CCN(C(=O)CCC(=O)NCC1CCCO1)C2. The van der Waals surface area contributed by atoms with Gasteiger partial charge in [-0.1, -0.05) is 0 Å². The van der Waals surface area contributed by atoms with Gasteiger partial charge in [0.1, 0.15) is 0 Å². The Labute approximate surface area is 183 Å². The Balaban J connectivity index is 1.32. The highest BCUT2D eigenvalue weighted by atomic mass is 16.5. The van der Waals surface area contributed by atoms with Crippen molar-refractivity contribution in [2.75, 3.05) is 32.8 Å². The number of nitrogens with zero attached hydrogens (tertiary/aromatic N) is 4. The number of hydrogen-bond donors (Lipinski definition) is 1. The van der Waals surface area contributed by atoms with Crippen molar-refractivity contribution < 1.29 is 19.1 Å². The summed E-state index contributed by atoms with van der Waals surface area (Å²) in [5.41, 5.74) is 2.37. The van der Waals surface area contributed by atoms with E-state index in [-0.39, 0.29) is 36.7 Å². The lowest BCUT2D eigenvalue weighted by molar-refractivity contribution is -0.134. The summed E-state index contributed by atoms with van der Waals surface area (Å²) in [6, 6.07) is 0. The second-order valence-corrected chi connectivity index (χ2v) is 8.75. The molecule has 2 saturated heterocycles. The van der Waals surface area contributed by atoms with Crippen LogP contribution in [0.25, 0.3) is 0 Å². The van der Waals surface area contributed by atoms with Crippen LogP contribution in [0.15, 0.2) is 0 Å². The van der Waals surface area contributed by atoms with E-state index in [1.54, 1.807) is 9.58 Å². The van der Waals surface area contributed by atoms with Crippen LogP contribution in [0.2, 0.25) is 0 Å². The third-order valence-electron chi connectivity index (χ3n) is 6.56. The average Bonchev–Trinajstić information content (AvgIpc) is 3.44. The molecule has 0 saturated carbocycles. The molecule has 0 radical (unpaired) electrons. The van der Waals surface area contributed by atoms with Crippen molar-refractivity contribution in [3.8, 4) is 0 Å². The molecule has 1 N–H and O–H groups in total. The monoisotopic (exact) mass is 431 g/mol. The Bertz CT molecular complexity index is 824. The van der Waals surface area contributed by atoms with E-state index < -0.39 is 0 Å². The molecular formula is C22H33N5O4. The summed E-state index contributed by atoms with van der Waals surface area (Å²) in [7, 11) is 1.86. The Morgan fingerprint density at radius 3 is 2.61 bits per heavy atom. The minimum atomic E-state index is -0.121. The fourth-order valence-electron chi connectivity index (χ4n) is 4.72. The Morgan fingerprint density at radius 1 is 1.06 bits per heavy atom. The smallest absolute Gasteiger partial charge is 0.274 e. The summed E-state index contributed by atoms with van der Waals surface area (Å²) >= 11 is 0. The number of likely N-dealkylation sites (tertiary alicyclic amines) is 1. The zero-order valence-electron chi connectivity index (χ0n) is 18.4. The van der Waals surface area contributed by atoms with Gasteiger partial charge in [0.25, 0.3) is 5.91 Å². The molecule has 31 heavy (non-hydrogen) atoms. The minimum absolute atomic E-state index is 0.0284. The topological polar surface area (TPSA) is 96.8 Å². The predicted octanol–water partition coefficient (Wildman–Crippen LogP) is 1.01. The molecule has 1 aromatic heterocycles. The maximum atomic E-state index is 13.0. The van der Waals surface area contributed by atoms with E-state index in [0.717, 1.165) is 63.1 Å². The molecule has 0 spiro atoms. The average molecular weight is 432 g/mol. The molecular weight excluding hydrogens is 398 g/mol. The molecule has 0 aliphatic carbocycles. The molecule has 9 nitrogen and oxygen atoms in total. The van der Waals surface area contributed by atoms with Crippen LogP contribution in [0.3, 0.4) is 0 Å². The van der Waals surface area contributed by atoms with Crippen LogP contribution in [0.4, 0.5) is 0 Å². The van der Waals surface area contributed by atoms with Crippen LogP contribution in [-0.4, -0.2) is 76.2 Å². The molecule has 1 atom stereocenters. The molecule has 3 aliphatic heterocycles. The first kappa shape index (κ1) is 21.8. The summed E-state index contributed by atoms with van der Waals surface area (Å²) in [5.74, 6) is -0.207. The minimum Gasteiger partial charge on any atom is -0.376 e. The van der Waals surface area contributed by atoms with Gasteiger partial charge in [0, 0.05) is 76.9 Å². The maximum absolute atomic E-state index is 13.0. The number of carbonyl (C=O) groups excluding carboxylic acids is 3. The van der Waals surface area contributed by atoms with Crippen molar-refractivity contribution in [3.05, 3.63) is 17.0 Å². The number of hydrogen-bond acceptors (Lipinski definition) is 5. The lowest BCUT2D eigenvalue weighted by atomic mass is 10.0. The molecule has 1 aromatic rings. The summed E-state index contributed by atoms with van der Waals surface area (Å²) in [4.78, 5) is 41.5. The van der Waals surface area contributed by atoms with Crippen LogP contribution in [-0.2, 0) is 34.3 Å². The van der Waals surface area contributed by atoms with Gasteiger partial charge in [0.2, 0.25) is 11.8 Å². The second kappa shape index (κ2) is 9.80. The van der Waals surface area contributed by atoms with Crippen molar-refractivity contribution in [1.29, 1.82) is 0 Å². The number of carbonyl (C=O) groups is 3.